The van der Waals surface area contributed by atoms with Crippen molar-refractivity contribution in [3.05, 3.63) is 33.8 Å². The molecule has 19 heavy (non-hydrogen) atoms. The average Bonchev–Trinajstić information content (AvgIpc) is 2.28. The molecular weight excluding hydrogens is 312 g/mol. The van der Waals surface area contributed by atoms with Gasteiger partial charge in [0.05, 0.1) is 6.21 Å². The lowest BCUT2D eigenvalue weighted by atomic mass is 10.1. The zero-order valence-electron chi connectivity index (χ0n) is 11.1. The van der Waals surface area contributed by atoms with Crippen LogP contribution in [0.3, 0.4) is 0 Å². The second-order valence-corrected chi connectivity index (χ2v) is 5.81. The lowest BCUT2D eigenvalue weighted by molar-refractivity contribution is 0.0523. The first kappa shape index (κ1) is 15.5. The molecule has 0 unspecified atom stereocenters. The maximum Gasteiger partial charge on any atom is 0.407 e. The fourth-order valence-electron chi connectivity index (χ4n) is 1.36. The summed E-state index contributed by atoms with van der Waals surface area (Å²) >= 11 is 3.39. The highest BCUT2D eigenvalue weighted by Gasteiger charge is 2.15. The van der Waals surface area contributed by atoms with Gasteiger partial charge in [0.25, 0.3) is 0 Å². The fraction of sp³-hybridized carbons (Fsp3) is 0.385. The summed E-state index contributed by atoms with van der Waals surface area (Å²) in [5, 5.41) is 14.1. The predicted octanol–water partition coefficient (Wildman–Crippen LogP) is 3.28. The van der Waals surface area contributed by atoms with Crippen molar-refractivity contribution in [1.82, 2.24) is 5.32 Å². The molecule has 0 atom stereocenters. The Morgan fingerprint density at radius 2 is 2.21 bits per heavy atom. The lowest BCUT2D eigenvalue weighted by Crippen LogP contribution is -2.32. The quantitative estimate of drug-likeness (QED) is 0.508. The van der Waals surface area contributed by atoms with Crippen molar-refractivity contribution in [1.29, 1.82) is 0 Å². The van der Waals surface area contributed by atoms with Crippen LogP contribution in [0, 0.1) is 0 Å². The molecule has 0 aliphatic carbocycles. The minimum Gasteiger partial charge on any atom is -0.444 e. The number of benzene rings is 1. The monoisotopic (exact) mass is 328 g/mol. The van der Waals surface area contributed by atoms with Crippen LogP contribution in [0.5, 0.6) is 0 Å². The van der Waals surface area contributed by atoms with Gasteiger partial charge >= 0.3 is 6.09 Å². The van der Waals surface area contributed by atoms with Crippen LogP contribution in [-0.2, 0) is 11.3 Å². The number of oxime groups is 1. The Bertz CT molecular complexity index is 481. The van der Waals surface area contributed by atoms with Crippen molar-refractivity contribution < 1.29 is 14.7 Å². The summed E-state index contributed by atoms with van der Waals surface area (Å²) < 4.78 is 6.01. The maximum atomic E-state index is 11.5. The van der Waals surface area contributed by atoms with E-state index < -0.39 is 11.7 Å². The molecule has 0 aromatic heterocycles. The summed E-state index contributed by atoms with van der Waals surface area (Å²) in [6, 6.07) is 5.42. The van der Waals surface area contributed by atoms with Crippen LogP contribution in [-0.4, -0.2) is 23.1 Å². The highest BCUT2D eigenvalue weighted by Crippen LogP contribution is 2.18. The standard InChI is InChI=1S/C13H17BrN2O3/c1-13(2,3)19-12(17)15-8-10-6-9(7-16-18)4-5-11(10)14/h4-7,18H,8H2,1-3H3,(H,15,17). The van der Waals surface area contributed by atoms with Crippen molar-refractivity contribution in [2.45, 2.75) is 32.9 Å². The number of ether oxygens (including phenoxy) is 1. The predicted molar refractivity (Wildman–Crippen MR) is 76.6 cm³/mol. The van der Waals surface area contributed by atoms with Crippen molar-refractivity contribution in [3.8, 4) is 0 Å². The molecule has 0 fully saturated rings. The van der Waals surface area contributed by atoms with Gasteiger partial charge in [-0.2, -0.15) is 0 Å². The van der Waals surface area contributed by atoms with Crippen molar-refractivity contribution in [2.24, 2.45) is 5.16 Å². The Morgan fingerprint density at radius 3 is 2.79 bits per heavy atom. The van der Waals surface area contributed by atoms with Crippen LogP contribution >= 0.6 is 15.9 Å². The number of nitrogens with zero attached hydrogens (tertiary/aromatic N) is 1. The first-order chi connectivity index (χ1) is 8.81. The number of hydrogen-bond donors (Lipinski definition) is 2. The van der Waals surface area contributed by atoms with Crippen LogP contribution in [0.4, 0.5) is 4.79 Å². The second-order valence-electron chi connectivity index (χ2n) is 4.95. The molecule has 1 rings (SSSR count). The van der Waals surface area contributed by atoms with Crippen molar-refractivity contribution in [3.63, 3.8) is 0 Å². The number of halogens is 1. The van der Waals surface area contributed by atoms with Gasteiger partial charge in [0, 0.05) is 11.0 Å². The number of nitrogens with one attached hydrogen (secondary N) is 1. The Kier molecular flexibility index (Phi) is 5.35. The van der Waals surface area contributed by atoms with Crippen LogP contribution in [0.1, 0.15) is 31.9 Å². The molecule has 0 heterocycles. The Labute approximate surface area is 120 Å². The molecule has 1 aromatic carbocycles. The molecule has 6 heteroatoms. The van der Waals surface area contributed by atoms with Crippen LogP contribution < -0.4 is 5.32 Å². The molecule has 1 amide bonds. The number of amides is 1. The van der Waals surface area contributed by atoms with Crippen LogP contribution in [0.2, 0.25) is 0 Å². The Morgan fingerprint density at radius 1 is 1.53 bits per heavy atom. The molecule has 0 saturated heterocycles. The third kappa shape index (κ3) is 5.74. The first-order valence-electron chi connectivity index (χ1n) is 5.74. The largest absolute Gasteiger partial charge is 0.444 e. The first-order valence-corrected chi connectivity index (χ1v) is 6.54. The summed E-state index contributed by atoms with van der Waals surface area (Å²) in [5.41, 5.74) is 1.09. The van der Waals surface area contributed by atoms with E-state index in [1.54, 1.807) is 32.9 Å². The molecule has 1 aromatic rings. The number of hydrogen-bond acceptors (Lipinski definition) is 4. The summed E-state index contributed by atoms with van der Waals surface area (Å²) in [4.78, 5) is 11.5. The van der Waals surface area contributed by atoms with Gasteiger partial charge in [-0.25, -0.2) is 4.79 Å². The van der Waals surface area contributed by atoms with E-state index in [0.29, 0.717) is 6.54 Å². The molecule has 0 aliphatic heterocycles. The van der Waals surface area contributed by atoms with E-state index >= 15 is 0 Å². The SMILES string of the molecule is CC(C)(C)OC(=O)NCc1cc(C=NO)ccc1Br. The molecule has 104 valence electrons. The van der Waals surface area contributed by atoms with Gasteiger partial charge in [-0.05, 0) is 44.0 Å². The van der Waals surface area contributed by atoms with Crippen LogP contribution in [0.15, 0.2) is 27.8 Å². The van der Waals surface area contributed by atoms with Crippen LogP contribution in [0.25, 0.3) is 0 Å². The van der Waals surface area contributed by atoms with Crippen molar-refractivity contribution >= 4 is 28.2 Å². The van der Waals surface area contributed by atoms with Crippen molar-refractivity contribution in [2.75, 3.05) is 0 Å². The molecule has 5 nitrogen and oxygen atoms in total. The van der Waals surface area contributed by atoms with E-state index in [1.807, 2.05) is 6.07 Å². The van der Waals surface area contributed by atoms with E-state index in [4.69, 9.17) is 9.94 Å². The lowest BCUT2D eigenvalue weighted by Gasteiger charge is -2.19. The molecular formula is C13H17BrN2O3. The van der Waals surface area contributed by atoms with Gasteiger partial charge in [0.15, 0.2) is 0 Å². The number of carbonyl (C=O) groups excluding carboxylic acids is 1. The summed E-state index contributed by atoms with van der Waals surface area (Å²) in [5.74, 6) is 0. The number of alkyl carbamates (subject to hydrolysis) is 1. The van der Waals surface area contributed by atoms with Gasteiger partial charge in [0.2, 0.25) is 0 Å². The number of carbonyl (C=O) groups is 1. The van der Waals surface area contributed by atoms with E-state index in [-0.39, 0.29) is 0 Å². The molecule has 0 radical (unpaired) electrons. The van der Waals surface area contributed by atoms with E-state index in [2.05, 4.69) is 26.4 Å². The minimum atomic E-state index is -0.521. The molecule has 0 saturated carbocycles. The Hall–Kier alpha value is -1.56. The zero-order chi connectivity index (χ0) is 14.5. The van der Waals surface area contributed by atoms with Gasteiger partial charge in [-0.1, -0.05) is 27.2 Å². The number of rotatable bonds is 3. The molecule has 2 N–H and O–H groups in total. The average molecular weight is 329 g/mol. The minimum absolute atomic E-state index is 0.322. The topological polar surface area (TPSA) is 70.9 Å². The molecule has 0 aliphatic rings. The zero-order valence-corrected chi connectivity index (χ0v) is 12.7. The smallest absolute Gasteiger partial charge is 0.407 e. The maximum absolute atomic E-state index is 11.5. The van der Waals surface area contributed by atoms with E-state index in [1.165, 1.54) is 6.21 Å². The van der Waals surface area contributed by atoms with E-state index in [9.17, 15) is 4.79 Å². The summed E-state index contributed by atoms with van der Waals surface area (Å²) in [6.45, 7) is 5.74. The van der Waals surface area contributed by atoms with E-state index in [0.717, 1.165) is 15.6 Å². The third-order valence-electron chi connectivity index (χ3n) is 2.10. The second kappa shape index (κ2) is 6.56. The van der Waals surface area contributed by atoms with Gasteiger partial charge in [0.1, 0.15) is 5.60 Å². The van der Waals surface area contributed by atoms with Gasteiger partial charge < -0.3 is 15.3 Å². The molecule has 0 spiro atoms. The molecule has 0 bridgehead atoms. The fourth-order valence-corrected chi connectivity index (χ4v) is 1.75. The van der Waals surface area contributed by atoms with Gasteiger partial charge in [-0.15, -0.1) is 0 Å². The normalized spacial score (nSPS) is 11.6. The summed E-state index contributed by atoms with van der Waals surface area (Å²) in [6.07, 6.45) is 0.851. The van der Waals surface area contributed by atoms with Gasteiger partial charge in [-0.3, -0.25) is 0 Å². The third-order valence-corrected chi connectivity index (χ3v) is 2.87. The summed E-state index contributed by atoms with van der Waals surface area (Å²) in [7, 11) is 0. The highest BCUT2D eigenvalue weighted by atomic mass is 79.9. The highest BCUT2D eigenvalue weighted by molar-refractivity contribution is 9.10. The Balaban J connectivity index is 2.67.